The van der Waals surface area contributed by atoms with Gasteiger partial charge in [0.15, 0.2) is 19.6 Å². The molecule has 0 aliphatic carbocycles. The summed E-state index contributed by atoms with van der Waals surface area (Å²) in [7, 11) is 0. The summed E-state index contributed by atoms with van der Waals surface area (Å²) in [5.41, 5.74) is 0. The van der Waals surface area contributed by atoms with Gasteiger partial charge in [-0.25, -0.2) is 18.6 Å². The van der Waals surface area contributed by atoms with E-state index in [1.165, 1.54) is 0 Å². The first-order valence-electron chi connectivity index (χ1n) is 5.92. The zero-order valence-electron chi connectivity index (χ0n) is 10.1. The number of aliphatic carboxylic acids is 1. The topological polar surface area (TPSA) is 72.4 Å². The van der Waals surface area contributed by atoms with Crippen molar-refractivity contribution in [2.24, 2.45) is 0 Å². The van der Waals surface area contributed by atoms with Crippen LogP contribution in [0.15, 0.2) is 12.4 Å². The molecule has 1 aromatic heterocycles. The standard InChI is InChI=1S/C11H14N3O4/c1-2-14-6-8-12(5-9(15)16)3-4-13(8)11(14)18-10(17)7-14/h3-4,11H,2,5-7H2,1H3/q+1/p+1. The Morgan fingerprint density at radius 3 is 3.11 bits per heavy atom. The molecule has 2 aliphatic rings. The Kier molecular flexibility index (Phi) is 2.21. The van der Waals surface area contributed by atoms with E-state index in [1.54, 1.807) is 17.0 Å². The van der Waals surface area contributed by atoms with E-state index in [4.69, 9.17) is 9.84 Å². The van der Waals surface area contributed by atoms with E-state index >= 15 is 0 Å². The molecule has 7 nitrogen and oxygen atoms in total. The normalized spacial score (nSPS) is 28.9. The van der Waals surface area contributed by atoms with Gasteiger partial charge in [0.25, 0.3) is 0 Å². The third-order valence-corrected chi connectivity index (χ3v) is 3.82. The van der Waals surface area contributed by atoms with Gasteiger partial charge in [0.1, 0.15) is 12.4 Å². The van der Waals surface area contributed by atoms with Crippen LogP contribution in [0.1, 0.15) is 19.1 Å². The molecule has 1 fully saturated rings. The quantitative estimate of drug-likeness (QED) is 0.436. The zero-order chi connectivity index (χ0) is 12.9. The molecule has 2 atom stereocenters. The van der Waals surface area contributed by atoms with Crippen LogP contribution in [0.5, 0.6) is 0 Å². The lowest BCUT2D eigenvalue weighted by atomic mass is 10.4. The third kappa shape index (κ3) is 1.37. The SMILES string of the molecule is CC[N+]12CC(=O)OC1n1cc[n+](CC(=O)O)c1C2. The monoisotopic (exact) mass is 253 g/mol. The molecule has 96 valence electrons. The lowest BCUT2D eigenvalue weighted by Gasteiger charge is -2.25. The number of aromatic nitrogens is 2. The zero-order valence-corrected chi connectivity index (χ0v) is 10.1. The number of fused-ring (bicyclic) bond motifs is 3. The van der Waals surface area contributed by atoms with Crippen LogP contribution in [0, 0.1) is 0 Å². The van der Waals surface area contributed by atoms with E-state index in [2.05, 4.69) is 0 Å². The number of hydrogen-bond acceptors (Lipinski definition) is 3. The van der Waals surface area contributed by atoms with Crippen molar-refractivity contribution in [2.45, 2.75) is 26.4 Å². The van der Waals surface area contributed by atoms with Crippen LogP contribution in [0.4, 0.5) is 0 Å². The summed E-state index contributed by atoms with van der Waals surface area (Å²) in [4.78, 5) is 22.3. The van der Waals surface area contributed by atoms with Crippen molar-refractivity contribution < 1.29 is 28.5 Å². The fraction of sp³-hybridized carbons (Fsp3) is 0.545. The lowest BCUT2D eigenvalue weighted by molar-refractivity contribution is -0.970. The Morgan fingerprint density at radius 1 is 1.67 bits per heavy atom. The summed E-state index contributed by atoms with van der Waals surface area (Å²) in [6.45, 7) is 3.73. The minimum absolute atomic E-state index is 0.0628. The molecule has 3 rings (SSSR count). The molecule has 7 heteroatoms. The molecule has 1 aromatic rings. The molecule has 2 aliphatic heterocycles. The highest BCUT2D eigenvalue weighted by molar-refractivity contribution is 5.72. The van der Waals surface area contributed by atoms with Gasteiger partial charge in [-0.05, 0) is 6.92 Å². The van der Waals surface area contributed by atoms with E-state index in [1.807, 2.05) is 11.5 Å². The van der Waals surface area contributed by atoms with Gasteiger partial charge in [-0.1, -0.05) is 0 Å². The predicted molar refractivity (Wildman–Crippen MR) is 56.8 cm³/mol. The molecule has 0 bridgehead atoms. The summed E-state index contributed by atoms with van der Waals surface area (Å²) < 4.78 is 9.47. The molecular weight excluding hydrogens is 238 g/mol. The summed E-state index contributed by atoms with van der Waals surface area (Å²) in [5.74, 6) is -0.163. The van der Waals surface area contributed by atoms with Crippen LogP contribution in [0.2, 0.25) is 0 Å². The van der Waals surface area contributed by atoms with E-state index in [9.17, 15) is 9.59 Å². The molecular formula is C11H15N3O4+2. The summed E-state index contributed by atoms with van der Waals surface area (Å²) in [5, 5.41) is 8.86. The van der Waals surface area contributed by atoms with Gasteiger partial charge >= 0.3 is 24.1 Å². The Bertz CT molecular complexity index is 538. The first kappa shape index (κ1) is 11.2. The highest BCUT2D eigenvalue weighted by atomic mass is 16.6. The number of carbonyl (C=O) groups is 2. The first-order chi connectivity index (χ1) is 8.55. The largest absolute Gasteiger partial charge is 0.478 e. The van der Waals surface area contributed by atoms with Crippen molar-refractivity contribution in [2.75, 3.05) is 13.1 Å². The highest BCUT2D eigenvalue weighted by Crippen LogP contribution is 2.38. The van der Waals surface area contributed by atoms with Gasteiger partial charge in [-0.2, -0.15) is 0 Å². The van der Waals surface area contributed by atoms with Crippen LogP contribution in [-0.2, 0) is 27.4 Å². The maximum Gasteiger partial charge on any atom is 0.390 e. The number of carboxylic acids is 1. The lowest BCUT2D eigenvalue weighted by Crippen LogP contribution is -2.46. The fourth-order valence-electron chi connectivity index (χ4n) is 2.85. The number of likely N-dealkylation sites (N-methyl/N-ethyl adjacent to an activating group) is 1. The van der Waals surface area contributed by atoms with E-state index < -0.39 is 5.97 Å². The van der Waals surface area contributed by atoms with Crippen molar-refractivity contribution >= 4 is 11.9 Å². The van der Waals surface area contributed by atoms with Crippen LogP contribution in [0.3, 0.4) is 0 Å². The Balaban J connectivity index is 1.99. The number of imidazole rings is 1. The number of rotatable bonds is 3. The maximum absolute atomic E-state index is 11.5. The summed E-state index contributed by atoms with van der Waals surface area (Å²) in [6.07, 6.45) is 3.18. The second-order valence-corrected chi connectivity index (χ2v) is 4.81. The molecule has 2 unspecified atom stereocenters. The van der Waals surface area contributed by atoms with Crippen molar-refractivity contribution in [3.05, 3.63) is 18.2 Å². The van der Waals surface area contributed by atoms with Crippen LogP contribution >= 0.6 is 0 Å². The number of nitrogens with zero attached hydrogens (tertiary/aromatic N) is 3. The molecule has 0 amide bonds. The van der Waals surface area contributed by atoms with E-state index in [0.717, 1.165) is 12.4 Å². The average molecular weight is 253 g/mol. The highest BCUT2D eigenvalue weighted by Gasteiger charge is 2.59. The van der Waals surface area contributed by atoms with E-state index in [-0.39, 0.29) is 18.9 Å². The molecule has 1 saturated heterocycles. The first-order valence-corrected chi connectivity index (χ1v) is 5.92. The Labute approximate surface area is 103 Å². The smallest absolute Gasteiger partial charge is 0.390 e. The van der Waals surface area contributed by atoms with Crippen LogP contribution < -0.4 is 4.57 Å². The minimum Gasteiger partial charge on any atom is -0.478 e. The number of ether oxygens (including phenoxy) is 1. The third-order valence-electron chi connectivity index (χ3n) is 3.82. The molecule has 0 saturated carbocycles. The Morgan fingerprint density at radius 2 is 2.44 bits per heavy atom. The second-order valence-electron chi connectivity index (χ2n) is 4.81. The number of carbonyl (C=O) groups excluding carboxylic acids is 1. The second kappa shape index (κ2) is 3.55. The number of carboxylic acid groups (broad SMARTS) is 1. The molecule has 18 heavy (non-hydrogen) atoms. The van der Waals surface area contributed by atoms with Crippen molar-refractivity contribution in [3.8, 4) is 0 Å². The van der Waals surface area contributed by atoms with Crippen LogP contribution in [-0.4, -0.2) is 39.2 Å². The van der Waals surface area contributed by atoms with Gasteiger partial charge in [0, 0.05) is 0 Å². The Hall–Kier alpha value is -1.89. The molecule has 3 heterocycles. The van der Waals surface area contributed by atoms with Crippen molar-refractivity contribution in [3.63, 3.8) is 0 Å². The maximum atomic E-state index is 11.5. The molecule has 1 N–H and O–H groups in total. The average Bonchev–Trinajstić information content (AvgIpc) is 2.88. The molecule has 0 radical (unpaired) electrons. The summed E-state index contributed by atoms with van der Waals surface area (Å²) >= 11 is 0. The number of esters is 1. The number of hydrogen-bond donors (Lipinski definition) is 1. The van der Waals surface area contributed by atoms with Gasteiger partial charge in [-0.15, -0.1) is 4.57 Å². The fourth-order valence-corrected chi connectivity index (χ4v) is 2.85. The minimum atomic E-state index is -0.874. The van der Waals surface area contributed by atoms with Gasteiger partial charge in [0.05, 0.1) is 6.54 Å². The van der Waals surface area contributed by atoms with Crippen molar-refractivity contribution in [1.29, 1.82) is 0 Å². The summed E-state index contributed by atoms with van der Waals surface area (Å²) in [6, 6.07) is 0. The van der Waals surface area contributed by atoms with E-state index in [0.29, 0.717) is 17.6 Å². The van der Waals surface area contributed by atoms with Crippen molar-refractivity contribution in [1.82, 2.24) is 4.57 Å². The molecule has 0 spiro atoms. The van der Waals surface area contributed by atoms with Gasteiger partial charge in [-0.3, -0.25) is 0 Å². The predicted octanol–water partition coefficient (Wildman–Crippen LogP) is -0.777. The van der Waals surface area contributed by atoms with Gasteiger partial charge < -0.3 is 9.84 Å². The molecule has 0 aromatic carbocycles. The van der Waals surface area contributed by atoms with Crippen LogP contribution in [0.25, 0.3) is 0 Å². The van der Waals surface area contributed by atoms with Gasteiger partial charge in [0.2, 0.25) is 0 Å². The number of quaternary nitrogens is 1.